The maximum absolute atomic E-state index is 11.8. The van der Waals surface area contributed by atoms with E-state index in [0.717, 1.165) is 19.4 Å². The number of carbonyl (C=O) groups is 2. The quantitative estimate of drug-likeness (QED) is 0.814. The summed E-state index contributed by atoms with van der Waals surface area (Å²) >= 11 is 1.26. The predicted octanol–water partition coefficient (Wildman–Crippen LogP) is 1.62. The zero-order valence-electron chi connectivity index (χ0n) is 10.2. The number of thiophene rings is 1. The van der Waals surface area contributed by atoms with E-state index < -0.39 is 5.97 Å². The number of rotatable bonds is 4. The van der Waals surface area contributed by atoms with Crippen molar-refractivity contribution >= 4 is 28.9 Å². The third kappa shape index (κ3) is 3.08. The van der Waals surface area contributed by atoms with Crippen LogP contribution in [0.3, 0.4) is 0 Å². The molecule has 2 heterocycles. The van der Waals surface area contributed by atoms with Crippen LogP contribution < -0.4 is 10.6 Å². The smallest absolute Gasteiger partial charge is 0.350 e. The zero-order chi connectivity index (χ0) is 13.0. The molecule has 1 saturated heterocycles. The number of anilines is 1. The molecule has 1 aromatic rings. The van der Waals surface area contributed by atoms with Crippen LogP contribution in [0.15, 0.2) is 11.4 Å². The lowest BCUT2D eigenvalue weighted by atomic mass is 10.1. The van der Waals surface area contributed by atoms with Gasteiger partial charge in [-0.1, -0.05) is 0 Å². The summed E-state index contributed by atoms with van der Waals surface area (Å²) in [5.41, 5.74) is 0.537. The lowest BCUT2D eigenvalue weighted by Crippen LogP contribution is -2.27. The molecule has 2 N–H and O–H groups in total. The van der Waals surface area contributed by atoms with Crippen LogP contribution in [0.5, 0.6) is 0 Å². The van der Waals surface area contributed by atoms with Gasteiger partial charge >= 0.3 is 5.97 Å². The highest BCUT2D eigenvalue weighted by atomic mass is 32.1. The molecule has 2 rings (SSSR count). The highest BCUT2D eigenvalue weighted by molar-refractivity contribution is 7.12. The van der Waals surface area contributed by atoms with Gasteiger partial charge in [0.2, 0.25) is 5.91 Å². The number of ether oxygens (including phenoxy) is 1. The lowest BCUT2D eigenvalue weighted by Gasteiger charge is -2.10. The Morgan fingerprint density at radius 3 is 3.11 bits per heavy atom. The predicted molar refractivity (Wildman–Crippen MR) is 69.9 cm³/mol. The van der Waals surface area contributed by atoms with Crippen molar-refractivity contribution in [3.63, 3.8) is 0 Å². The molecule has 98 valence electrons. The van der Waals surface area contributed by atoms with Gasteiger partial charge < -0.3 is 15.4 Å². The number of methoxy groups -OCH3 is 1. The van der Waals surface area contributed by atoms with Gasteiger partial charge in [-0.2, -0.15) is 0 Å². The van der Waals surface area contributed by atoms with E-state index in [4.69, 9.17) is 0 Å². The van der Waals surface area contributed by atoms with Crippen LogP contribution in [-0.2, 0) is 9.53 Å². The Balaban J connectivity index is 1.94. The Hall–Kier alpha value is -1.40. The molecule has 0 saturated carbocycles. The molecule has 0 radical (unpaired) electrons. The van der Waals surface area contributed by atoms with Crippen LogP contribution in [0.4, 0.5) is 5.69 Å². The molecule has 0 spiro atoms. The van der Waals surface area contributed by atoms with E-state index in [-0.39, 0.29) is 11.9 Å². The summed E-state index contributed by atoms with van der Waals surface area (Å²) in [7, 11) is 1.33. The molecule has 1 atom stereocenters. The average Bonchev–Trinajstić information content (AvgIpc) is 2.99. The van der Waals surface area contributed by atoms with Gasteiger partial charge in [0.1, 0.15) is 4.88 Å². The van der Waals surface area contributed by atoms with E-state index in [9.17, 15) is 9.59 Å². The molecule has 0 aromatic carbocycles. The zero-order valence-corrected chi connectivity index (χ0v) is 11.0. The molecule has 0 bridgehead atoms. The van der Waals surface area contributed by atoms with Crippen molar-refractivity contribution in [1.29, 1.82) is 0 Å². The highest BCUT2D eigenvalue weighted by Gasteiger charge is 2.20. The first-order valence-corrected chi connectivity index (χ1v) is 6.77. The summed E-state index contributed by atoms with van der Waals surface area (Å²) in [5.74, 6) is -0.489. The summed E-state index contributed by atoms with van der Waals surface area (Å²) in [5, 5.41) is 7.79. The SMILES string of the molecule is COC(=O)c1sccc1NC(=O)CC1CCCN1. The van der Waals surface area contributed by atoms with Crippen LogP contribution >= 0.6 is 11.3 Å². The largest absolute Gasteiger partial charge is 0.465 e. The number of nitrogens with one attached hydrogen (secondary N) is 2. The number of hydrogen-bond donors (Lipinski definition) is 2. The molecular formula is C12H16N2O3S. The van der Waals surface area contributed by atoms with Crippen molar-refractivity contribution in [2.45, 2.75) is 25.3 Å². The van der Waals surface area contributed by atoms with E-state index in [1.807, 2.05) is 0 Å². The first-order valence-electron chi connectivity index (χ1n) is 5.89. The molecule has 18 heavy (non-hydrogen) atoms. The maximum Gasteiger partial charge on any atom is 0.350 e. The average molecular weight is 268 g/mol. The Morgan fingerprint density at radius 1 is 1.61 bits per heavy atom. The van der Waals surface area contributed by atoms with Gasteiger partial charge in [-0.3, -0.25) is 4.79 Å². The van der Waals surface area contributed by atoms with Gasteiger partial charge in [-0.15, -0.1) is 11.3 Å². The van der Waals surface area contributed by atoms with Crippen molar-refractivity contribution in [2.75, 3.05) is 19.0 Å². The monoisotopic (exact) mass is 268 g/mol. The minimum absolute atomic E-state index is 0.0713. The van der Waals surface area contributed by atoms with Crippen LogP contribution in [-0.4, -0.2) is 31.6 Å². The van der Waals surface area contributed by atoms with E-state index in [1.165, 1.54) is 18.4 Å². The minimum atomic E-state index is -0.417. The Labute approximate surface area is 110 Å². The number of esters is 1. The van der Waals surface area contributed by atoms with Crippen molar-refractivity contribution in [3.05, 3.63) is 16.3 Å². The van der Waals surface area contributed by atoms with Crippen molar-refractivity contribution < 1.29 is 14.3 Å². The van der Waals surface area contributed by atoms with E-state index in [0.29, 0.717) is 17.0 Å². The summed E-state index contributed by atoms with van der Waals surface area (Å²) in [4.78, 5) is 23.7. The van der Waals surface area contributed by atoms with Crippen LogP contribution in [0.1, 0.15) is 28.9 Å². The lowest BCUT2D eigenvalue weighted by molar-refractivity contribution is -0.116. The number of carbonyl (C=O) groups excluding carboxylic acids is 2. The molecule has 6 heteroatoms. The second-order valence-corrected chi connectivity index (χ2v) is 5.12. The van der Waals surface area contributed by atoms with Gasteiger partial charge in [0.15, 0.2) is 0 Å². The second kappa shape index (κ2) is 5.97. The van der Waals surface area contributed by atoms with Crippen molar-refractivity contribution in [3.8, 4) is 0 Å². The highest BCUT2D eigenvalue weighted by Crippen LogP contribution is 2.23. The standard InChI is InChI=1S/C12H16N2O3S/c1-17-12(16)11-9(4-6-18-11)14-10(15)7-8-3-2-5-13-8/h4,6,8,13H,2-3,5,7H2,1H3,(H,14,15). The molecule has 1 unspecified atom stereocenters. The van der Waals surface area contributed by atoms with Crippen LogP contribution in [0.25, 0.3) is 0 Å². The van der Waals surface area contributed by atoms with Crippen LogP contribution in [0, 0.1) is 0 Å². The van der Waals surface area contributed by atoms with Crippen LogP contribution in [0.2, 0.25) is 0 Å². The summed E-state index contributed by atoms with van der Waals surface area (Å²) in [6, 6.07) is 1.97. The first kappa shape index (κ1) is 13.0. The molecule has 5 nitrogen and oxygen atoms in total. The summed E-state index contributed by atoms with van der Waals surface area (Å²) in [6.07, 6.45) is 2.58. The third-order valence-electron chi connectivity index (χ3n) is 2.90. The molecule has 1 fully saturated rings. The Bertz CT molecular complexity index is 438. The van der Waals surface area contributed by atoms with Crippen molar-refractivity contribution in [2.24, 2.45) is 0 Å². The molecule has 1 aromatic heterocycles. The fourth-order valence-corrected chi connectivity index (χ4v) is 2.78. The molecular weight excluding hydrogens is 252 g/mol. The van der Waals surface area contributed by atoms with Crippen molar-refractivity contribution in [1.82, 2.24) is 5.32 Å². The minimum Gasteiger partial charge on any atom is -0.465 e. The van der Waals surface area contributed by atoms with E-state index in [2.05, 4.69) is 15.4 Å². The normalized spacial score (nSPS) is 18.6. The maximum atomic E-state index is 11.8. The van der Waals surface area contributed by atoms with Gasteiger partial charge in [0.25, 0.3) is 0 Å². The van der Waals surface area contributed by atoms with E-state index >= 15 is 0 Å². The Morgan fingerprint density at radius 2 is 2.44 bits per heavy atom. The molecule has 0 aliphatic carbocycles. The third-order valence-corrected chi connectivity index (χ3v) is 3.80. The molecule has 1 amide bonds. The fraction of sp³-hybridized carbons (Fsp3) is 0.500. The Kier molecular flexibility index (Phi) is 4.33. The molecule has 1 aliphatic heterocycles. The fourth-order valence-electron chi connectivity index (χ4n) is 2.01. The van der Waals surface area contributed by atoms with Gasteiger partial charge in [-0.05, 0) is 30.8 Å². The summed E-state index contributed by atoms with van der Waals surface area (Å²) in [6.45, 7) is 0.976. The summed E-state index contributed by atoms with van der Waals surface area (Å²) < 4.78 is 4.66. The number of hydrogen-bond acceptors (Lipinski definition) is 5. The van der Waals surface area contributed by atoms with E-state index in [1.54, 1.807) is 11.4 Å². The second-order valence-electron chi connectivity index (χ2n) is 4.20. The van der Waals surface area contributed by atoms with Gasteiger partial charge in [0.05, 0.1) is 12.8 Å². The molecule has 1 aliphatic rings. The first-order chi connectivity index (χ1) is 8.70. The van der Waals surface area contributed by atoms with Gasteiger partial charge in [0, 0.05) is 12.5 Å². The van der Waals surface area contributed by atoms with Gasteiger partial charge in [-0.25, -0.2) is 4.79 Å². The number of amides is 1. The topological polar surface area (TPSA) is 67.4 Å².